The monoisotopic (exact) mass is 245 g/mol. The quantitative estimate of drug-likeness (QED) is 0.890. The second kappa shape index (κ2) is 4.73. The maximum absolute atomic E-state index is 10.8. The third-order valence-corrected chi connectivity index (χ3v) is 4.46. The summed E-state index contributed by atoms with van der Waals surface area (Å²) in [6.07, 6.45) is 5.47. The van der Waals surface area contributed by atoms with E-state index in [1.807, 2.05) is 12.1 Å². The average Bonchev–Trinajstić information content (AvgIpc) is 2.95. The molecular weight excluding hydrogens is 226 g/mol. The first-order chi connectivity index (χ1) is 8.74. The molecular formula is C15H19NO2. The highest BCUT2D eigenvalue weighted by atomic mass is 16.4. The van der Waals surface area contributed by atoms with Crippen molar-refractivity contribution in [1.82, 2.24) is 4.90 Å². The van der Waals surface area contributed by atoms with E-state index < -0.39 is 5.97 Å². The van der Waals surface area contributed by atoms with E-state index in [1.165, 1.54) is 37.8 Å². The molecule has 1 saturated heterocycles. The van der Waals surface area contributed by atoms with Gasteiger partial charge < -0.3 is 5.11 Å². The van der Waals surface area contributed by atoms with E-state index in [-0.39, 0.29) is 0 Å². The summed E-state index contributed by atoms with van der Waals surface area (Å²) in [4.78, 5) is 13.4. The Morgan fingerprint density at radius 1 is 1.22 bits per heavy atom. The molecule has 0 radical (unpaired) electrons. The second-order valence-corrected chi connectivity index (χ2v) is 5.52. The molecule has 2 aliphatic rings. The van der Waals surface area contributed by atoms with Gasteiger partial charge in [0.2, 0.25) is 0 Å². The minimum atomic E-state index is -0.849. The number of likely N-dealkylation sites (tertiary alicyclic amines) is 1. The van der Waals surface area contributed by atoms with E-state index in [0.717, 1.165) is 18.5 Å². The first-order valence-corrected chi connectivity index (χ1v) is 6.80. The Labute approximate surface area is 107 Å². The van der Waals surface area contributed by atoms with Crippen molar-refractivity contribution in [3.63, 3.8) is 0 Å². The second-order valence-electron chi connectivity index (χ2n) is 5.52. The van der Waals surface area contributed by atoms with Gasteiger partial charge in [-0.3, -0.25) is 4.90 Å². The van der Waals surface area contributed by atoms with Gasteiger partial charge in [-0.1, -0.05) is 18.6 Å². The smallest absolute Gasteiger partial charge is 0.335 e. The maximum atomic E-state index is 10.8. The molecule has 0 spiro atoms. The molecule has 2 unspecified atom stereocenters. The SMILES string of the molecule is O=C(O)c1ccc(CN2CCC3CCCC32)cc1. The molecule has 2 fully saturated rings. The molecule has 1 aromatic carbocycles. The number of carbonyl (C=O) groups is 1. The third kappa shape index (κ3) is 2.15. The number of hydrogen-bond acceptors (Lipinski definition) is 2. The van der Waals surface area contributed by atoms with E-state index in [2.05, 4.69) is 4.90 Å². The summed E-state index contributed by atoms with van der Waals surface area (Å²) in [6, 6.07) is 8.10. The number of carboxylic acids is 1. The Balaban J connectivity index is 1.67. The minimum Gasteiger partial charge on any atom is -0.478 e. The molecule has 18 heavy (non-hydrogen) atoms. The largest absolute Gasteiger partial charge is 0.478 e. The normalized spacial score (nSPS) is 27.3. The van der Waals surface area contributed by atoms with Gasteiger partial charge in [0, 0.05) is 12.6 Å². The number of nitrogens with zero attached hydrogens (tertiary/aromatic N) is 1. The van der Waals surface area contributed by atoms with Gasteiger partial charge in [0.25, 0.3) is 0 Å². The molecule has 96 valence electrons. The van der Waals surface area contributed by atoms with Crippen LogP contribution in [0.1, 0.15) is 41.6 Å². The van der Waals surface area contributed by atoms with Crippen LogP contribution in [0.3, 0.4) is 0 Å². The van der Waals surface area contributed by atoms with Crippen LogP contribution in [0.4, 0.5) is 0 Å². The zero-order valence-corrected chi connectivity index (χ0v) is 10.5. The number of carboxylic acid groups (broad SMARTS) is 1. The van der Waals surface area contributed by atoms with Crippen molar-refractivity contribution in [3.8, 4) is 0 Å². The molecule has 1 aliphatic carbocycles. The Morgan fingerprint density at radius 3 is 2.72 bits per heavy atom. The lowest BCUT2D eigenvalue weighted by molar-refractivity contribution is 0.0697. The van der Waals surface area contributed by atoms with E-state index in [9.17, 15) is 4.79 Å². The first-order valence-electron chi connectivity index (χ1n) is 6.80. The van der Waals surface area contributed by atoms with Gasteiger partial charge in [-0.15, -0.1) is 0 Å². The maximum Gasteiger partial charge on any atom is 0.335 e. The van der Waals surface area contributed by atoms with Gasteiger partial charge in [-0.2, -0.15) is 0 Å². The fourth-order valence-corrected chi connectivity index (χ4v) is 3.52. The Hall–Kier alpha value is -1.35. The third-order valence-electron chi connectivity index (χ3n) is 4.46. The van der Waals surface area contributed by atoms with Crippen LogP contribution in [0.5, 0.6) is 0 Å². The summed E-state index contributed by atoms with van der Waals surface area (Å²) in [5.41, 5.74) is 1.60. The molecule has 1 aliphatic heterocycles. The van der Waals surface area contributed by atoms with Crippen molar-refractivity contribution in [2.75, 3.05) is 6.54 Å². The fourth-order valence-electron chi connectivity index (χ4n) is 3.52. The standard InChI is InChI=1S/C15H19NO2/c17-15(18)13-6-4-11(5-7-13)10-16-9-8-12-2-1-3-14(12)16/h4-7,12,14H,1-3,8-10H2,(H,17,18). The predicted molar refractivity (Wildman–Crippen MR) is 69.6 cm³/mol. The van der Waals surface area contributed by atoms with Crippen molar-refractivity contribution < 1.29 is 9.90 Å². The van der Waals surface area contributed by atoms with Gasteiger partial charge >= 0.3 is 5.97 Å². The highest BCUT2D eigenvalue weighted by Gasteiger charge is 2.36. The van der Waals surface area contributed by atoms with E-state index in [1.54, 1.807) is 12.1 Å². The number of hydrogen-bond donors (Lipinski definition) is 1. The molecule has 2 atom stereocenters. The molecule has 3 heteroatoms. The first kappa shape index (κ1) is 11.7. The highest BCUT2D eigenvalue weighted by molar-refractivity contribution is 5.87. The molecule has 0 aromatic heterocycles. The molecule has 1 heterocycles. The molecule has 0 amide bonds. The van der Waals surface area contributed by atoms with Crippen molar-refractivity contribution in [2.24, 2.45) is 5.92 Å². The van der Waals surface area contributed by atoms with Crippen molar-refractivity contribution in [2.45, 2.75) is 38.3 Å². The van der Waals surface area contributed by atoms with Gasteiger partial charge in [0.1, 0.15) is 0 Å². The summed E-state index contributed by atoms with van der Waals surface area (Å²) in [5, 5.41) is 8.87. The topological polar surface area (TPSA) is 40.5 Å². The van der Waals surface area contributed by atoms with Crippen LogP contribution in [-0.4, -0.2) is 28.6 Å². The number of aromatic carboxylic acids is 1. The van der Waals surface area contributed by atoms with Crippen LogP contribution in [0, 0.1) is 5.92 Å². The van der Waals surface area contributed by atoms with Crippen LogP contribution in [0.2, 0.25) is 0 Å². The molecule has 3 rings (SSSR count). The van der Waals surface area contributed by atoms with Crippen LogP contribution in [0.25, 0.3) is 0 Å². The minimum absolute atomic E-state index is 0.374. The van der Waals surface area contributed by atoms with E-state index in [0.29, 0.717) is 5.56 Å². The molecule has 3 nitrogen and oxygen atoms in total. The van der Waals surface area contributed by atoms with Gasteiger partial charge in [0.05, 0.1) is 5.56 Å². The predicted octanol–water partition coefficient (Wildman–Crippen LogP) is 2.76. The summed E-state index contributed by atoms with van der Waals surface area (Å²) < 4.78 is 0. The summed E-state index contributed by atoms with van der Waals surface area (Å²) in [5.74, 6) is 0.0712. The van der Waals surface area contributed by atoms with Crippen molar-refractivity contribution >= 4 is 5.97 Å². The van der Waals surface area contributed by atoms with Crippen LogP contribution in [-0.2, 0) is 6.54 Å². The zero-order chi connectivity index (χ0) is 12.5. The van der Waals surface area contributed by atoms with Crippen LogP contribution >= 0.6 is 0 Å². The summed E-state index contributed by atoms with van der Waals surface area (Å²) in [6.45, 7) is 2.18. The van der Waals surface area contributed by atoms with Gasteiger partial charge in [-0.05, 0) is 49.4 Å². The molecule has 1 saturated carbocycles. The summed E-state index contributed by atoms with van der Waals surface area (Å²) in [7, 11) is 0. The molecule has 0 bridgehead atoms. The summed E-state index contributed by atoms with van der Waals surface area (Å²) >= 11 is 0. The number of fused-ring (bicyclic) bond motifs is 1. The van der Waals surface area contributed by atoms with E-state index in [4.69, 9.17) is 5.11 Å². The Kier molecular flexibility index (Phi) is 3.08. The number of rotatable bonds is 3. The van der Waals surface area contributed by atoms with Gasteiger partial charge in [-0.25, -0.2) is 4.79 Å². The van der Waals surface area contributed by atoms with Crippen LogP contribution < -0.4 is 0 Å². The number of benzene rings is 1. The lowest BCUT2D eigenvalue weighted by Crippen LogP contribution is -2.29. The van der Waals surface area contributed by atoms with E-state index >= 15 is 0 Å². The Bertz CT molecular complexity index is 440. The lowest BCUT2D eigenvalue weighted by Gasteiger charge is -2.23. The molecule has 1 aromatic rings. The van der Waals surface area contributed by atoms with Crippen molar-refractivity contribution in [3.05, 3.63) is 35.4 Å². The zero-order valence-electron chi connectivity index (χ0n) is 10.5. The average molecular weight is 245 g/mol. The van der Waals surface area contributed by atoms with Gasteiger partial charge in [0.15, 0.2) is 0 Å². The van der Waals surface area contributed by atoms with Crippen LogP contribution in [0.15, 0.2) is 24.3 Å². The lowest BCUT2D eigenvalue weighted by atomic mass is 10.0. The van der Waals surface area contributed by atoms with Crippen molar-refractivity contribution in [1.29, 1.82) is 0 Å². The fraction of sp³-hybridized carbons (Fsp3) is 0.533. The highest BCUT2D eigenvalue weighted by Crippen LogP contribution is 2.38. The molecule has 1 N–H and O–H groups in total. The Morgan fingerprint density at radius 2 is 2.00 bits per heavy atom.